The van der Waals surface area contributed by atoms with Crippen molar-refractivity contribution in [3.8, 4) is 0 Å². The Balaban J connectivity index is 1.36. The summed E-state index contributed by atoms with van der Waals surface area (Å²) < 4.78 is 1.71. The van der Waals surface area contributed by atoms with Crippen LogP contribution in [-0.4, -0.2) is 15.7 Å². The standard InChI is InChI=1S/C26H25ClN2O2S2/c1-14-2-10-19(11-3-14)28-20(30)13-29-25-24(33-26(29)31)21(15-6-8-18(27)9-7-15)22-16-4-5-17(12-16)23(22)32-25/h2-3,6-11,16-17,21-23H,4-5,12-13H2,1H3,(H,28,30)/t16-,17-,21+,22+,23+/m0/s1. The molecule has 6 rings (SSSR count). The zero-order chi connectivity index (χ0) is 22.7. The summed E-state index contributed by atoms with van der Waals surface area (Å²) in [5.41, 5.74) is 3.13. The van der Waals surface area contributed by atoms with Gasteiger partial charge in [0, 0.05) is 26.8 Å². The normalized spacial score (nSPS) is 27.3. The third-order valence-electron chi connectivity index (χ3n) is 7.56. The average molecular weight is 497 g/mol. The lowest BCUT2D eigenvalue weighted by Gasteiger charge is -2.40. The van der Waals surface area contributed by atoms with Crippen molar-refractivity contribution in [2.45, 2.75) is 48.9 Å². The van der Waals surface area contributed by atoms with Crippen molar-refractivity contribution >= 4 is 46.3 Å². The predicted octanol–water partition coefficient (Wildman–Crippen LogP) is 6.16. The van der Waals surface area contributed by atoms with E-state index in [0.29, 0.717) is 17.1 Å². The van der Waals surface area contributed by atoms with Crippen molar-refractivity contribution in [2.75, 3.05) is 5.32 Å². The fourth-order valence-electron chi connectivity index (χ4n) is 6.11. The molecule has 5 atom stereocenters. The van der Waals surface area contributed by atoms with Gasteiger partial charge in [0.1, 0.15) is 6.54 Å². The summed E-state index contributed by atoms with van der Waals surface area (Å²) in [7, 11) is 0. The second kappa shape index (κ2) is 8.33. The van der Waals surface area contributed by atoms with Crippen molar-refractivity contribution in [1.82, 2.24) is 4.57 Å². The highest BCUT2D eigenvalue weighted by Crippen LogP contribution is 2.64. The number of thiazole rings is 1. The maximum Gasteiger partial charge on any atom is 0.308 e. The van der Waals surface area contributed by atoms with Gasteiger partial charge >= 0.3 is 4.87 Å². The molecule has 0 spiro atoms. The van der Waals surface area contributed by atoms with Gasteiger partial charge in [-0.1, -0.05) is 52.8 Å². The molecule has 0 unspecified atom stereocenters. The number of amides is 1. The molecule has 1 amide bonds. The lowest BCUT2D eigenvalue weighted by Crippen LogP contribution is -2.34. The van der Waals surface area contributed by atoms with Gasteiger partial charge in [0.15, 0.2) is 0 Å². The molecule has 170 valence electrons. The summed E-state index contributed by atoms with van der Waals surface area (Å²) in [6.07, 6.45) is 3.86. The van der Waals surface area contributed by atoms with Crippen LogP contribution in [0.15, 0.2) is 58.4 Å². The highest BCUT2D eigenvalue weighted by Gasteiger charge is 2.55. The maximum absolute atomic E-state index is 13.1. The molecule has 3 aromatic rings. The van der Waals surface area contributed by atoms with Gasteiger partial charge in [-0.3, -0.25) is 14.2 Å². The molecule has 33 heavy (non-hydrogen) atoms. The van der Waals surface area contributed by atoms with Gasteiger partial charge in [-0.05, 0) is 73.8 Å². The number of carbonyl (C=O) groups excluding carboxylic acids is 1. The van der Waals surface area contributed by atoms with E-state index in [1.165, 1.54) is 36.2 Å². The van der Waals surface area contributed by atoms with E-state index in [1.807, 2.05) is 55.1 Å². The number of nitrogens with zero attached hydrogens (tertiary/aromatic N) is 1. The van der Waals surface area contributed by atoms with Crippen molar-refractivity contribution in [3.63, 3.8) is 0 Å². The largest absolute Gasteiger partial charge is 0.325 e. The summed E-state index contributed by atoms with van der Waals surface area (Å²) in [5, 5.41) is 5.18. The van der Waals surface area contributed by atoms with Crippen LogP contribution < -0.4 is 10.2 Å². The molecular weight excluding hydrogens is 472 g/mol. The maximum atomic E-state index is 13.1. The van der Waals surface area contributed by atoms with Crippen LogP contribution in [0.25, 0.3) is 0 Å². The average Bonchev–Trinajstić information content (AvgIpc) is 3.49. The topological polar surface area (TPSA) is 51.1 Å². The predicted molar refractivity (Wildman–Crippen MR) is 136 cm³/mol. The molecule has 7 heteroatoms. The van der Waals surface area contributed by atoms with E-state index >= 15 is 0 Å². The van der Waals surface area contributed by atoms with Gasteiger partial charge in [-0.15, -0.1) is 11.8 Å². The van der Waals surface area contributed by atoms with Crippen LogP contribution >= 0.6 is 34.7 Å². The molecule has 2 saturated carbocycles. The number of carbonyl (C=O) groups is 1. The number of hydrogen-bond acceptors (Lipinski definition) is 4. The minimum atomic E-state index is -0.166. The Bertz CT molecular complexity index is 1260. The van der Waals surface area contributed by atoms with E-state index in [9.17, 15) is 9.59 Å². The van der Waals surface area contributed by atoms with Gasteiger partial charge < -0.3 is 5.32 Å². The molecular formula is C26H25ClN2O2S2. The first kappa shape index (κ1) is 21.5. The molecule has 2 aromatic carbocycles. The molecule has 1 N–H and O–H groups in total. The second-order valence-corrected chi connectivity index (χ2v) is 12.2. The molecule has 0 saturated heterocycles. The van der Waals surface area contributed by atoms with Crippen molar-refractivity contribution in [1.29, 1.82) is 0 Å². The molecule has 2 heterocycles. The molecule has 2 bridgehead atoms. The van der Waals surface area contributed by atoms with E-state index in [0.717, 1.165) is 32.1 Å². The highest BCUT2D eigenvalue weighted by atomic mass is 35.5. The summed E-state index contributed by atoms with van der Waals surface area (Å²) in [6, 6.07) is 15.9. The van der Waals surface area contributed by atoms with Crippen LogP contribution in [0.3, 0.4) is 0 Å². The Morgan fingerprint density at radius 1 is 1.09 bits per heavy atom. The summed E-state index contributed by atoms with van der Waals surface area (Å²) in [5.74, 6) is 2.02. The van der Waals surface area contributed by atoms with Crippen LogP contribution in [-0.2, 0) is 11.3 Å². The number of halogens is 1. The number of aromatic nitrogens is 1. The van der Waals surface area contributed by atoms with Gasteiger partial charge in [0.25, 0.3) is 0 Å². The number of anilines is 1. The quantitative estimate of drug-likeness (QED) is 0.470. The number of nitrogens with one attached hydrogen (secondary N) is 1. The number of thioether (sulfide) groups is 1. The van der Waals surface area contributed by atoms with Gasteiger partial charge in [0.05, 0.1) is 5.03 Å². The van der Waals surface area contributed by atoms with E-state index in [2.05, 4.69) is 17.4 Å². The monoisotopic (exact) mass is 496 g/mol. The SMILES string of the molecule is Cc1ccc(NC(=O)Cn2c3c(sc2=O)[C@H](c2ccc(Cl)cc2)[C@H]2[C@H]4CC[C@@H](C4)[C@H]2S3)cc1. The Kier molecular flexibility index (Phi) is 5.43. The van der Waals surface area contributed by atoms with Crippen molar-refractivity contribution in [3.05, 3.63) is 79.2 Å². The van der Waals surface area contributed by atoms with Crippen LogP contribution in [0, 0.1) is 24.7 Å². The summed E-state index contributed by atoms with van der Waals surface area (Å²) >= 11 is 9.37. The minimum Gasteiger partial charge on any atom is -0.325 e. The summed E-state index contributed by atoms with van der Waals surface area (Å²) in [6.45, 7) is 2.06. The first-order chi connectivity index (χ1) is 16.0. The van der Waals surface area contributed by atoms with Crippen LogP contribution in [0.5, 0.6) is 0 Å². The number of benzene rings is 2. The zero-order valence-corrected chi connectivity index (χ0v) is 20.7. The fourth-order valence-corrected chi connectivity index (χ4v) is 9.39. The molecule has 2 fully saturated rings. The van der Waals surface area contributed by atoms with Crippen molar-refractivity contribution in [2.24, 2.45) is 17.8 Å². The molecule has 1 aromatic heterocycles. The second-order valence-electron chi connectivity index (χ2n) is 9.56. The van der Waals surface area contributed by atoms with Crippen LogP contribution in [0.4, 0.5) is 5.69 Å². The lowest BCUT2D eigenvalue weighted by molar-refractivity contribution is -0.116. The number of rotatable bonds is 4. The molecule has 0 radical (unpaired) electrons. The fraction of sp³-hybridized carbons (Fsp3) is 0.385. The van der Waals surface area contributed by atoms with Gasteiger partial charge in [-0.25, -0.2) is 0 Å². The Morgan fingerprint density at radius 2 is 1.82 bits per heavy atom. The van der Waals surface area contributed by atoms with Crippen LogP contribution in [0.1, 0.15) is 41.2 Å². The third-order valence-corrected chi connectivity index (χ3v) is 10.6. The first-order valence-corrected chi connectivity index (χ1v) is 13.6. The third kappa shape index (κ3) is 3.76. The number of fused-ring (bicyclic) bond motifs is 6. The van der Waals surface area contributed by atoms with Gasteiger partial charge in [0.2, 0.25) is 5.91 Å². The first-order valence-electron chi connectivity index (χ1n) is 11.5. The Hall–Kier alpha value is -2.02. The number of aryl methyl sites for hydroxylation is 1. The molecule has 3 aliphatic rings. The van der Waals surface area contributed by atoms with E-state index in [-0.39, 0.29) is 23.2 Å². The molecule has 1 aliphatic heterocycles. The zero-order valence-electron chi connectivity index (χ0n) is 18.3. The molecule has 4 nitrogen and oxygen atoms in total. The van der Waals surface area contributed by atoms with E-state index in [4.69, 9.17) is 11.6 Å². The van der Waals surface area contributed by atoms with E-state index < -0.39 is 0 Å². The highest BCUT2D eigenvalue weighted by molar-refractivity contribution is 8.00. The minimum absolute atomic E-state index is 0.0437. The number of hydrogen-bond donors (Lipinski definition) is 1. The summed E-state index contributed by atoms with van der Waals surface area (Å²) in [4.78, 5) is 27.1. The smallest absolute Gasteiger partial charge is 0.308 e. The van der Waals surface area contributed by atoms with Crippen molar-refractivity contribution < 1.29 is 4.79 Å². The lowest BCUT2D eigenvalue weighted by atomic mass is 9.75. The van der Waals surface area contributed by atoms with E-state index in [1.54, 1.807) is 4.57 Å². The van der Waals surface area contributed by atoms with Gasteiger partial charge in [-0.2, -0.15) is 0 Å². The Labute approximate surface area is 206 Å². The Morgan fingerprint density at radius 3 is 2.58 bits per heavy atom. The van der Waals surface area contributed by atoms with Crippen LogP contribution in [0.2, 0.25) is 5.02 Å². The molecule has 2 aliphatic carbocycles.